The number of hydrogen-bond donors (Lipinski definition) is 0. The second-order valence-electron chi connectivity index (χ2n) is 4.81. The minimum atomic E-state index is -0.0902. The van der Waals surface area contributed by atoms with Crippen molar-refractivity contribution in [2.75, 3.05) is 14.2 Å². The largest absolute Gasteiger partial charge is 0.469 e. The fourth-order valence-corrected chi connectivity index (χ4v) is 3.51. The third-order valence-corrected chi connectivity index (χ3v) is 4.19. The maximum Gasteiger partial charge on any atom is 0.305 e. The number of carbonyl (C=O) groups is 1. The third kappa shape index (κ3) is 2.03. The Labute approximate surface area is 91.1 Å². The highest BCUT2D eigenvalue weighted by atomic mass is 16.5. The van der Waals surface area contributed by atoms with Gasteiger partial charge in [0, 0.05) is 13.5 Å². The average Bonchev–Trinajstić information content (AvgIpc) is 2.85. The number of rotatable bonds is 4. The van der Waals surface area contributed by atoms with Gasteiger partial charge in [-0.05, 0) is 43.4 Å². The van der Waals surface area contributed by atoms with Crippen LogP contribution in [0.1, 0.15) is 32.1 Å². The Morgan fingerprint density at radius 1 is 1.27 bits per heavy atom. The lowest BCUT2D eigenvalue weighted by molar-refractivity contribution is -0.141. The molecule has 0 aliphatic heterocycles. The minimum Gasteiger partial charge on any atom is -0.469 e. The number of ether oxygens (including phenoxy) is 2. The summed E-state index contributed by atoms with van der Waals surface area (Å²) >= 11 is 0. The summed E-state index contributed by atoms with van der Waals surface area (Å²) in [5.74, 6) is 2.05. The lowest BCUT2D eigenvalue weighted by Gasteiger charge is -2.29. The first-order valence-corrected chi connectivity index (χ1v) is 5.86. The smallest absolute Gasteiger partial charge is 0.305 e. The predicted octanol–water partition coefficient (Wildman–Crippen LogP) is 2.00. The van der Waals surface area contributed by atoms with E-state index in [-0.39, 0.29) is 5.97 Å². The molecule has 3 nitrogen and oxygen atoms in total. The summed E-state index contributed by atoms with van der Waals surface area (Å²) in [6.45, 7) is 0. The molecule has 4 atom stereocenters. The second kappa shape index (κ2) is 4.52. The van der Waals surface area contributed by atoms with Crippen molar-refractivity contribution in [1.82, 2.24) is 0 Å². The fraction of sp³-hybridized carbons (Fsp3) is 0.917. The van der Waals surface area contributed by atoms with E-state index in [1.54, 1.807) is 7.11 Å². The molecule has 0 N–H and O–H groups in total. The van der Waals surface area contributed by atoms with Crippen molar-refractivity contribution >= 4 is 5.97 Å². The zero-order valence-electron chi connectivity index (χ0n) is 9.57. The zero-order valence-corrected chi connectivity index (χ0v) is 9.57. The Hall–Kier alpha value is -0.570. The van der Waals surface area contributed by atoms with Gasteiger partial charge in [-0.3, -0.25) is 4.79 Å². The molecule has 2 aliphatic carbocycles. The highest BCUT2D eigenvalue weighted by Crippen LogP contribution is 2.51. The first-order chi connectivity index (χ1) is 7.26. The average molecular weight is 212 g/mol. The quantitative estimate of drug-likeness (QED) is 0.669. The maximum atomic E-state index is 11.1. The van der Waals surface area contributed by atoms with Crippen LogP contribution in [0, 0.1) is 17.8 Å². The van der Waals surface area contributed by atoms with Gasteiger partial charge in [-0.1, -0.05) is 0 Å². The zero-order chi connectivity index (χ0) is 10.8. The lowest BCUT2D eigenvalue weighted by atomic mass is 9.83. The first-order valence-electron chi connectivity index (χ1n) is 5.86. The SMILES string of the molecule is COC(=O)CC[C@@H]1[C@H]2CC[C@H](C2)[C@@H]1OC. The Kier molecular flexibility index (Phi) is 3.29. The Morgan fingerprint density at radius 3 is 2.67 bits per heavy atom. The first kappa shape index (κ1) is 10.9. The van der Waals surface area contributed by atoms with Crippen LogP contribution in [0.2, 0.25) is 0 Å². The molecule has 15 heavy (non-hydrogen) atoms. The van der Waals surface area contributed by atoms with E-state index in [4.69, 9.17) is 4.74 Å². The van der Waals surface area contributed by atoms with Crippen LogP contribution >= 0.6 is 0 Å². The molecule has 0 aromatic rings. The molecule has 2 saturated carbocycles. The van der Waals surface area contributed by atoms with E-state index in [9.17, 15) is 4.79 Å². The molecule has 0 radical (unpaired) electrons. The summed E-state index contributed by atoms with van der Waals surface area (Å²) in [4.78, 5) is 11.1. The molecule has 3 heteroatoms. The van der Waals surface area contributed by atoms with Gasteiger partial charge in [0.25, 0.3) is 0 Å². The van der Waals surface area contributed by atoms with Crippen LogP contribution < -0.4 is 0 Å². The molecule has 0 aromatic carbocycles. The normalized spacial score (nSPS) is 38.3. The van der Waals surface area contributed by atoms with E-state index in [2.05, 4.69) is 4.74 Å². The number of carbonyl (C=O) groups excluding carboxylic acids is 1. The van der Waals surface area contributed by atoms with Gasteiger partial charge in [0.2, 0.25) is 0 Å². The van der Waals surface area contributed by atoms with Crippen LogP contribution in [-0.2, 0) is 14.3 Å². The monoisotopic (exact) mass is 212 g/mol. The maximum absolute atomic E-state index is 11.1. The molecule has 0 aromatic heterocycles. The molecule has 0 saturated heterocycles. The van der Waals surface area contributed by atoms with E-state index in [1.807, 2.05) is 0 Å². The van der Waals surface area contributed by atoms with Gasteiger partial charge in [0.1, 0.15) is 0 Å². The highest BCUT2D eigenvalue weighted by Gasteiger charge is 2.47. The standard InChI is InChI=1S/C12H20O3/c1-14-11(13)6-5-10-8-3-4-9(7-8)12(10)15-2/h8-10,12H,3-7H2,1-2H3/t8-,9+,10+,12-/m0/s1. The molecular weight excluding hydrogens is 192 g/mol. The molecule has 0 unspecified atom stereocenters. The lowest BCUT2D eigenvalue weighted by Crippen LogP contribution is -2.29. The molecule has 2 rings (SSSR count). The summed E-state index contributed by atoms with van der Waals surface area (Å²) in [6.07, 6.45) is 5.84. The molecule has 2 aliphatic rings. The van der Waals surface area contributed by atoms with E-state index in [0.717, 1.165) is 18.3 Å². The molecule has 0 amide bonds. The third-order valence-electron chi connectivity index (χ3n) is 4.19. The van der Waals surface area contributed by atoms with Crippen molar-refractivity contribution in [1.29, 1.82) is 0 Å². The molecular formula is C12H20O3. The summed E-state index contributed by atoms with van der Waals surface area (Å²) in [5.41, 5.74) is 0. The summed E-state index contributed by atoms with van der Waals surface area (Å²) < 4.78 is 10.3. The molecule has 86 valence electrons. The Balaban J connectivity index is 1.88. The van der Waals surface area contributed by atoms with Gasteiger partial charge in [0.15, 0.2) is 0 Å². The van der Waals surface area contributed by atoms with Gasteiger partial charge in [-0.25, -0.2) is 0 Å². The van der Waals surface area contributed by atoms with Gasteiger partial charge in [-0.2, -0.15) is 0 Å². The van der Waals surface area contributed by atoms with Gasteiger partial charge in [-0.15, -0.1) is 0 Å². The van der Waals surface area contributed by atoms with Crippen LogP contribution in [0.3, 0.4) is 0 Å². The van der Waals surface area contributed by atoms with E-state index in [0.29, 0.717) is 18.4 Å². The van der Waals surface area contributed by atoms with Crippen molar-refractivity contribution in [2.45, 2.75) is 38.2 Å². The van der Waals surface area contributed by atoms with Crippen LogP contribution in [0.4, 0.5) is 0 Å². The Morgan fingerprint density at radius 2 is 2.00 bits per heavy atom. The van der Waals surface area contributed by atoms with E-state index >= 15 is 0 Å². The number of methoxy groups -OCH3 is 2. The summed E-state index contributed by atoms with van der Waals surface area (Å²) in [6, 6.07) is 0. The number of fused-ring (bicyclic) bond motifs is 2. The van der Waals surface area contributed by atoms with E-state index in [1.165, 1.54) is 26.4 Å². The molecule has 0 heterocycles. The van der Waals surface area contributed by atoms with Crippen LogP contribution in [0.25, 0.3) is 0 Å². The molecule has 2 bridgehead atoms. The number of hydrogen-bond acceptors (Lipinski definition) is 3. The van der Waals surface area contributed by atoms with Crippen molar-refractivity contribution in [3.05, 3.63) is 0 Å². The molecule has 0 spiro atoms. The van der Waals surface area contributed by atoms with Crippen LogP contribution in [0.15, 0.2) is 0 Å². The fourth-order valence-electron chi connectivity index (χ4n) is 3.51. The van der Waals surface area contributed by atoms with Crippen molar-refractivity contribution < 1.29 is 14.3 Å². The summed E-state index contributed by atoms with van der Waals surface area (Å²) in [7, 11) is 3.26. The summed E-state index contributed by atoms with van der Waals surface area (Å²) in [5, 5.41) is 0. The van der Waals surface area contributed by atoms with Gasteiger partial charge in [0.05, 0.1) is 13.2 Å². The number of esters is 1. The highest BCUT2D eigenvalue weighted by molar-refractivity contribution is 5.69. The van der Waals surface area contributed by atoms with Crippen molar-refractivity contribution in [3.8, 4) is 0 Å². The van der Waals surface area contributed by atoms with Gasteiger partial charge < -0.3 is 9.47 Å². The van der Waals surface area contributed by atoms with Gasteiger partial charge >= 0.3 is 5.97 Å². The minimum absolute atomic E-state index is 0.0902. The van der Waals surface area contributed by atoms with Crippen molar-refractivity contribution in [2.24, 2.45) is 17.8 Å². The van der Waals surface area contributed by atoms with Crippen LogP contribution in [-0.4, -0.2) is 26.3 Å². The second-order valence-corrected chi connectivity index (χ2v) is 4.81. The van der Waals surface area contributed by atoms with Crippen molar-refractivity contribution in [3.63, 3.8) is 0 Å². The Bertz CT molecular complexity index is 239. The van der Waals surface area contributed by atoms with E-state index < -0.39 is 0 Å². The van der Waals surface area contributed by atoms with Crippen LogP contribution in [0.5, 0.6) is 0 Å². The molecule has 2 fully saturated rings. The predicted molar refractivity (Wildman–Crippen MR) is 56.4 cm³/mol. The topological polar surface area (TPSA) is 35.5 Å².